The number of phenolic OH excluding ortho intramolecular Hbond substituents is 2. The van der Waals surface area contributed by atoms with Crippen LogP contribution < -0.4 is 0 Å². The van der Waals surface area contributed by atoms with E-state index in [1.807, 2.05) is 6.07 Å². The standard InChI is InChI=1S/C13H10O3.2Al.O2Si.3O/c14-10-6-7-11(12(15)8-10)13(16)9-4-2-1-3-5-9;;;1-3-2;;;/h1-8,14-15H;;;;;;. The molecule has 11 heteroatoms. The van der Waals surface area contributed by atoms with Crippen molar-refractivity contribution in [1.29, 1.82) is 0 Å². The van der Waals surface area contributed by atoms with Crippen LogP contribution in [0.2, 0.25) is 0 Å². The second kappa shape index (κ2) is 13.4. The van der Waals surface area contributed by atoms with E-state index < -0.39 is 40.3 Å². The molecule has 0 fully saturated rings. The number of benzene rings is 2. The normalized spacial score (nSPS) is 7.83. The summed E-state index contributed by atoms with van der Waals surface area (Å²) >= 11 is -2.48. The molecule has 2 N–H and O–H groups in total. The second-order valence-corrected chi connectivity index (χ2v) is 5.45. The number of carbonyl (C=O) groups excluding carboxylic acids is 1. The summed E-state index contributed by atoms with van der Waals surface area (Å²) < 4.78 is 39.1. The fraction of sp³-hybridized carbons (Fsp3) is 0. The van der Waals surface area contributed by atoms with Crippen molar-refractivity contribution in [2.75, 3.05) is 0 Å². The molecule has 0 amide bonds. The zero-order valence-electron chi connectivity index (χ0n) is 12.1. The van der Waals surface area contributed by atoms with Gasteiger partial charge in [-0.3, -0.25) is 13.7 Å². The van der Waals surface area contributed by atoms with Crippen LogP contribution in [0.1, 0.15) is 15.9 Å². The van der Waals surface area contributed by atoms with Gasteiger partial charge in [-0.15, -0.1) is 0 Å². The molecule has 2 rings (SSSR count). The molecule has 2 aromatic rings. The zero-order chi connectivity index (χ0) is 18.4. The van der Waals surface area contributed by atoms with E-state index in [4.69, 9.17) is 14.0 Å². The van der Waals surface area contributed by atoms with Gasteiger partial charge >= 0.3 is 50.7 Å². The Labute approximate surface area is 151 Å². The average molecular weight is 376 g/mol. The van der Waals surface area contributed by atoms with Gasteiger partial charge in [-0.2, -0.15) is 0 Å². The summed E-state index contributed by atoms with van der Waals surface area (Å²) in [4.78, 5) is 11.9. The molecule has 0 aromatic heterocycles. The van der Waals surface area contributed by atoms with Gasteiger partial charge in [0.1, 0.15) is 11.5 Å². The molecule has 0 saturated heterocycles. The van der Waals surface area contributed by atoms with Gasteiger partial charge in [0.15, 0.2) is 5.78 Å². The third-order valence-electron chi connectivity index (χ3n) is 2.37. The van der Waals surface area contributed by atoms with Gasteiger partial charge < -0.3 is 10.2 Å². The molecule has 24 heavy (non-hydrogen) atoms. The Balaban J connectivity index is 0.000000559. The van der Waals surface area contributed by atoms with Crippen LogP contribution in [-0.2, 0) is 19.4 Å². The Morgan fingerprint density at radius 3 is 1.92 bits per heavy atom. The van der Waals surface area contributed by atoms with E-state index in [0.717, 1.165) is 6.07 Å². The number of hydrogen-bond acceptors (Lipinski definition) is 8. The predicted octanol–water partition coefficient (Wildman–Crippen LogP) is 0.643. The van der Waals surface area contributed by atoms with Crippen LogP contribution in [0.15, 0.2) is 48.5 Å². The molecule has 0 saturated carbocycles. The van der Waals surface area contributed by atoms with E-state index in [0.29, 0.717) is 5.56 Å². The number of rotatable bonds is 4. The summed E-state index contributed by atoms with van der Waals surface area (Å²) in [5, 5.41) is 18.7. The molecular weight excluding hydrogens is 366 g/mol. The molecule has 2 aromatic carbocycles. The van der Waals surface area contributed by atoms with Crippen LogP contribution in [0.25, 0.3) is 0 Å². The average Bonchev–Trinajstić information content (AvgIpc) is 2.57. The van der Waals surface area contributed by atoms with Crippen molar-refractivity contribution in [3.05, 3.63) is 59.7 Å². The van der Waals surface area contributed by atoms with Gasteiger partial charge in [0, 0.05) is 11.6 Å². The topological polar surface area (TPSA) is 135 Å². The molecule has 8 nitrogen and oxygen atoms in total. The van der Waals surface area contributed by atoms with Gasteiger partial charge in [-0.05, 0) is 12.1 Å². The molecule has 120 valence electrons. The number of aromatic hydroxyl groups is 2. The van der Waals surface area contributed by atoms with Crippen molar-refractivity contribution in [2.24, 2.45) is 0 Å². The van der Waals surface area contributed by atoms with E-state index >= 15 is 0 Å². The maximum atomic E-state index is 11.9. The van der Waals surface area contributed by atoms with Crippen molar-refractivity contribution in [3.63, 3.8) is 0 Å². The minimum absolute atomic E-state index is 0.0675. The summed E-state index contributed by atoms with van der Waals surface area (Å²) in [6.07, 6.45) is 0. The molecule has 0 atom stereocenters. The van der Waals surface area contributed by atoms with Gasteiger partial charge in [0.2, 0.25) is 0 Å². The maximum absolute atomic E-state index is 11.9. The summed E-state index contributed by atoms with van der Waals surface area (Å²) in [6.45, 7) is 0. The third-order valence-corrected chi connectivity index (χ3v) is 3.26. The Kier molecular flexibility index (Phi) is 12.3. The quantitative estimate of drug-likeness (QED) is 0.586. The zero-order valence-corrected chi connectivity index (χ0v) is 15.4. The van der Waals surface area contributed by atoms with E-state index in [1.165, 1.54) is 12.1 Å². The second-order valence-electron chi connectivity index (χ2n) is 3.81. The number of phenols is 2. The Bertz CT molecular complexity index is 711. The third kappa shape index (κ3) is 8.58. The Hall–Kier alpha value is -2.01. The van der Waals surface area contributed by atoms with Crippen molar-refractivity contribution in [1.82, 2.24) is 0 Å². The monoisotopic (exact) mass is 376 g/mol. The first-order valence-electron chi connectivity index (χ1n) is 6.15. The molecule has 0 unspecified atom stereocenters. The molecular formula is C13H10Al2O8Si. The van der Waals surface area contributed by atoms with Gasteiger partial charge in [0.05, 0.1) is 5.56 Å². The van der Waals surface area contributed by atoms with Crippen molar-refractivity contribution in [2.45, 2.75) is 0 Å². The number of ketones is 1. The van der Waals surface area contributed by atoms with Gasteiger partial charge in [-0.1, -0.05) is 30.3 Å². The van der Waals surface area contributed by atoms with Gasteiger partial charge in [-0.25, -0.2) is 0 Å². The first kappa shape index (κ1) is 22.0. The van der Waals surface area contributed by atoms with Crippen LogP contribution in [0.5, 0.6) is 11.5 Å². The van der Waals surface area contributed by atoms with E-state index in [2.05, 4.69) is 2.84 Å². The van der Waals surface area contributed by atoms with E-state index in [-0.39, 0.29) is 22.8 Å². The fourth-order valence-electron chi connectivity index (χ4n) is 1.48. The summed E-state index contributed by atoms with van der Waals surface area (Å²) in [5.41, 5.74) is 0.687. The van der Waals surface area contributed by atoms with Crippen molar-refractivity contribution < 1.29 is 34.4 Å². The summed E-state index contributed by atoms with van der Waals surface area (Å²) in [7, 11) is -1.42. The first-order valence-corrected chi connectivity index (χ1v) is 8.85. The number of carbonyl (C=O) groups is 1. The summed E-state index contributed by atoms with van der Waals surface area (Å²) in [5.74, 6) is -0.547. The van der Waals surface area contributed by atoms with Crippen LogP contribution in [0.3, 0.4) is 0 Å². The molecule has 0 aliphatic heterocycles. The molecule has 0 aliphatic rings. The van der Waals surface area contributed by atoms with E-state index in [9.17, 15) is 17.5 Å². The number of hydrogen-bond donors (Lipinski definition) is 2. The molecule has 0 heterocycles. The minimum atomic E-state index is -1.42. The van der Waals surface area contributed by atoms with Crippen LogP contribution in [0, 0.1) is 0 Å². The molecule has 0 bridgehead atoms. The van der Waals surface area contributed by atoms with Crippen LogP contribution in [0.4, 0.5) is 0 Å². The van der Waals surface area contributed by atoms with Crippen molar-refractivity contribution >= 4 is 46.1 Å². The van der Waals surface area contributed by atoms with E-state index in [1.54, 1.807) is 24.3 Å². The Morgan fingerprint density at radius 2 is 1.50 bits per heavy atom. The molecule has 0 radical (unpaired) electrons. The predicted molar refractivity (Wildman–Crippen MR) is 80.7 cm³/mol. The molecule has 0 aliphatic carbocycles. The molecule has 0 spiro atoms. The fourth-order valence-corrected chi connectivity index (χ4v) is 1.66. The van der Waals surface area contributed by atoms with Gasteiger partial charge in [0.25, 0.3) is 0 Å². The SMILES string of the molecule is O=C(c1ccccc1)c1ccc(O)cc1O.O=[Si]=O.[O]=[Al][O][Al]=[O]. The van der Waals surface area contributed by atoms with Crippen LogP contribution >= 0.6 is 0 Å². The van der Waals surface area contributed by atoms with Crippen molar-refractivity contribution in [3.8, 4) is 11.5 Å². The Morgan fingerprint density at radius 1 is 0.958 bits per heavy atom. The summed E-state index contributed by atoms with van der Waals surface area (Å²) in [6, 6.07) is 12.6. The van der Waals surface area contributed by atoms with Crippen LogP contribution in [-0.4, -0.2) is 56.3 Å². The first-order chi connectivity index (χ1) is 11.5.